The summed E-state index contributed by atoms with van der Waals surface area (Å²) >= 11 is 0. The van der Waals surface area contributed by atoms with Gasteiger partial charge in [-0.15, -0.1) is 0 Å². The molecule has 0 aromatic heterocycles. The first-order chi connectivity index (χ1) is 10.1. The van der Waals surface area contributed by atoms with E-state index < -0.39 is 6.10 Å². The molecule has 112 valence electrons. The lowest BCUT2D eigenvalue weighted by Crippen LogP contribution is -2.40. The van der Waals surface area contributed by atoms with Crippen LogP contribution in [0, 0.1) is 17.2 Å². The van der Waals surface area contributed by atoms with Gasteiger partial charge in [0.05, 0.1) is 29.7 Å². The average Bonchev–Trinajstić information content (AvgIpc) is 2.94. The van der Waals surface area contributed by atoms with Crippen molar-refractivity contribution in [2.24, 2.45) is 5.92 Å². The third-order valence-electron chi connectivity index (χ3n) is 4.41. The Hall–Kier alpha value is -1.86. The standard InChI is InChI=1S/C17H22N2O2/c1-3-19(17(21)15-5-4-6-16(15)20)12(2)14-9-7-13(11-18)8-10-14/h7-10,12,15-16,20H,3-6H2,1-2H3. The van der Waals surface area contributed by atoms with Crippen LogP contribution < -0.4 is 0 Å². The highest BCUT2D eigenvalue weighted by Gasteiger charge is 2.35. The van der Waals surface area contributed by atoms with Gasteiger partial charge < -0.3 is 10.0 Å². The zero-order chi connectivity index (χ0) is 15.4. The van der Waals surface area contributed by atoms with E-state index in [1.54, 1.807) is 12.1 Å². The van der Waals surface area contributed by atoms with Crippen LogP contribution in [0.5, 0.6) is 0 Å². The number of carbonyl (C=O) groups excluding carboxylic acids is 1. The number of hydrogen-bond acceptors (Lipinski definition) is 3. The van der Waals surface area contributed by atoms with Gasteiger partial charge in [0, 0.05) is 6.54 Å². The second-order valence-corrected chi connectivity index (χ2v) is 5.64. The molecule has 0 radical (unpaired) electrons. The topological polar surface area (TPSA) is 64.3 Å². The summed E-state index contributed by atoms with van der Waals surface area (Å²) in [7, 11) is 0. The summed E-state index contributed by atoms with van der Waals surface area (Å²) in [6, 6.07) is 9.37. The fourth-order valence-corrected chi connectivity index (χ4v) is 3.08. The minimum absolute atomic E-state index is 0.0411. The van der Waals surface area contributed by atoms with Gasteiger partial charge in [0.15, 0.2) is 0 Å². The number of hydrogen-bond donors (Lipinski definition) is 1. The van der Waals surface area contributed by atoms with Gasteiger partial charge in [0.2, 0.25) is 5.91 Å². The average molecular weight is 286 g/mol. The maximum atomic E-state index is 12.6. The zero-order valence-electron chi connectivity index (χ0n) is 12.6. The Morgan fingerprint density at radius 1 is 1.43 bits per heavy atom. The smallest absolute Gasteiger partial charge is 0.228 e. The number of nitrogens with zero attached hydrogens (tertiary/aromatic N) is 2. The molecule has 3 atom stereocenters. The zero-order valence-corrected chi connectivity index (χ0v) is 12.6. The summed E-state index contributed by atoms with van der Waals surface area (Å²) in [6.45, 7) is 4.56. The van der Waals surface area contributed by atoms with Crippen molar-refractivity contribution in [3.8, 4) is 6.07 Å². The number of amides is 1. The van der Waals surface area contributed by atoms with Gasteiger partial charge in [-0.05, 0) is 50.8 Å². The van der Waals surface area contributed by atoms with Gasteiger partial charge in [-0.1, -0.05) is 12.1 Å². The van der Waals surface area contributed by atoms with E-state index in [1.807, 2.05) is 30.9 Å². The summed E-state index contributed by atoms with van der Waals surface area (Å²) in [4.78, 5) is 14.5. The molecule has 1 saturated carbocycles. The number of aliphatic hydroxyl groups is 1. The van der Waals surface area contributed by atoms with Crippen LogP contribution in [0.25, 0.3) is 0 Å². The maximum absolute atomic E-state index is 12.6. The van der Waals surface area contributed by atoms with Crippen molar-refractivity contribution in [2.45, 2.75) is 45.3 Å². The Morgan fingerprint density at radius 2 is 2.10 bits per heavy atom. The molecule has 21 heavy (non-hydrogen) atoms. The minimum atomic E-state index is -0.500. The summed E-state index contributed by atoms with van der Waals surface area (Å²) in [5.41, 5.74) is 1.63. The van der Waals surface area contributed by atoms with E-state index in [0.29, 0.717) is 12.1 Å². The molecular formula is C17H22N2O2. The van der Waals surface area contributed by atoms with E-state index in [2.05, 4.69) is 6.07 Å². The summed E-state index contributed by atoms with van der Waals surface area (Å²) in [5.74, 6) is -0.217. The van der Waals surface area contributed by atoms with Crippen LogP contribution in [0.2, 0.25) is 0 Å². The van der Waals surface area contributed by atoms with Gasteiger partial charge >= 0.3 is 0 Å². The lowest BCUT2D eigenvalue weighted by atomic mass is 10.00. The van der Waals surface area contributed by atoms with Crippen molar-refractivity contribution >= 4 is 5.91 Å². The summed E-state index contributed by atoms with van der Waals surface area (Å²) < 4.78 is 0. The third kappa shape index (κ3) is 3.25. The highest BCUT2D eigenvalue weighted by Crippen LogP contribution is 2.30. The number of carbonyl (C=O) groups is 1. The van der Waals surface area contributed by atoms with E-state index in [0.717, 1.165) is 24.8 Å². The number of rotatable bonds is 4. The fraction of sp³-hybridized carbons (Fsp3) is 0.529. The predicted molar refractivity (Wildman–Crippen MR) is 80.3 cm³/mol. The Bertz CT molecular complexity index is 533. The molecule has 1 amide bonds. The van der Waals surface area contributed by atoms with E-state index >= 15 is 0 Å². The molecule has 0 spiro atoms. The minimum Gasteiger partial charge on any atom is -0.392 e. The largest absolute Gasteiger partial charge is 0.392 e. The fourth-order valence-electron chi connectivity index (χ4n) is 3.08. The first kappa shape index (κ1) is 15.5. The Labute approximate surface area is 126 Å². The lowest BCUT2D eigenvalue weighted by Gasteiger charge is -2.31. The first-order valence-corrected chi connectivity index (χ1v) is 7.57. The van der Waals surface area contributed by atoms with Crippen molar-refractivity contribution in [3.05, 3.63) is 35.4 Å². The van der Waals surface area contributed by atoms with E-state index in [1.165, 1.54) is 0 Å². The molecule has 0 aliphatic heterocycles. The van der Waals surface area contributed by atoms with E-state index in [4.69, 9.17) is 5.26 Å². The number of benzene rings is 1. The Kier molecular flexibility index (Phi) is 4.98. The molecule has 1 fully saturated rings. The first-order valence-electron chi connectivity index (χ1n) is 7.57. The van der Waals surface area contributed by atoms with Gasteiger partial charge in [-0.25, -0.2) is 0 Å². The van der Waals surface area contributed by atoms with Crippen LogP contribution in [0.3, 0.4) is 0 Å². The monoisotopic (exact) mass is 286 g/mol. The van der Waals surface area contributed by atoms with Gasteiger partial charge in [0.25, 0.3) is 0 Å². The normalized spacial score (nSPS) is 22.6. The van der Waals surface area contributed by atoms with Crippen LogP contribution in [-0.2, 0) is 4.79 Å². The van der Waals surface area contributed by atoms with Crippen LogP contribution >= 0.6 is 0 Å². The summed E-state index contributed by atoms with van der Waals surface area (Å²) in [6.07, 6.45) is 1.91. The van der Waals surface area contributed by atoms with Crippen molar-refractivity contribution in [1.29, 1.82) is 5.26 Å². The lowest BCUT2D eigenvalue weighted by molar-refractivity contribution is -0.140. The molecule has 3 unspecified atom stereocenters. The highest BCUT2D eigenvalue weighted by atomic mass is 16.3. The Balaban J connectivity index is 2.15. The van der Waals surface area contributed by atoms with Crippen LogP contribution in [0.1, 0.15) is 50.3 Å². The molecule has 1 aromatic carbocycles. The highest BCUT2D eigenvalue weighted by molar-refractivity contribution is 5.80. The van der Waals surface area contributed by atoms with E-state index in [9.17, 15) is 9.90 Å². The summed E-state index contributed by atoms with van der Waals surface area (Å²) in [5, 5.41) is 18.8. The third-order valence-corrected chi connectivity index (χ3v) is 4.41. The van der Waals surface area contributed by atoms with Crippen molar-refractivity contribution in [3.63, 3.8) is 0 Å². The quantitative estimate of drug-likeness (QED) is 0.925. The van der Waals surface area contributed by atoms with Crippen molar-refractivity contribution in [2.75, 3.05) is 6.54 Å². The Morgan fingerprint density at radius 3 is 2.57 bits per heavy atom. The second kappa shape index (κ2) is 6.73. The molecule has 1 aliphatic rings. The predicted octanol–water partition coefficient (Wildman–Crippen LogP) is 2.63. The molecule has 0 heterocycles. The molecule has 0 saturated heterocycles. The number of nitriles is 1. The molecule has 4 nitrogen and oxygen atoms in total. The van der Waals surface area contributed by atoms with Crippen molar-refractivity contribution in [1.82, 2.24) is 4.90 Å². The van der Waals surface area contributed by atoms with Gasteiger partial charge in [-0.3, -0.25) is 4.79 Å². The molecular weight excluding hydrogens is 264 g/mol. The SMILES string of the molecule is CCN(C(=O)C1CCCC1O)C(C)c1ccc(C#N)cc1. The molecule has 1 aliphatic carbocycles. The van der Waals surface area contributed by atoms with Crippen LogP contribution in [0.4, 0.5) is 0 Å². The van der Waals surface area contributed by atoms with Crippen LogP contribution in [0.15, 0.2) is 24.3 Å². The molecule has 4 heteroatoms. The van der Waals surface area contributed by atoms with Gasteiger partial charge in [-0.2, -0.15) is 5.26 Å². The molecule has 1 aromatic rings. The molecule has 0 bridgehead atoms. The second-order valence-electron chi connectivity index (χ2n) is 5.64. The molecule has 1 N–H and O–H groups in total. The van der Waals surface area contributed by atoms with Crippen molar-refractivity contribution < 1.29 is 9.90 Å². The number of aliphatic hydroxyl groups excluding tert-OH is 1. The maximum Gasteiger partial charge on any atom is 0.228 e. The molecule has 2 rings (SSSR count). The van der Waals surface area contributed by atoms with Gasteiger partial charge in [0.1, 0.15) is 0 Å². The van der Waals surface area contributed by atoms with E-state index in [-0.39, 0.29) is 17.9 Å². The van der Waals surface area contributed by atoms with Crippen LogP contribution in [-0.4, -0.2) is 28.6 Å².